The third-order valence-electron chi connectivity index (χ3n) is 4.29. The van der Waals surface area contributed by atoms with Crippen LogP contribution in [0.3, 0.4) is 0 Å². The molecule has 3 aromatic rings. The maximum atomic E-state index is 12.6. The zero-order chi connectivity index (χ0) is 17.4. The molecule has 4 rings (SSSR count). The Morgan fingerprint density at radius 2 is 2.24 bits per heavy atom. The Hall–Kier alpha value is -3.00. The van der Waals surface area contributed by atoms with E-state index in [0.29, 0.717) is 18.8 Å². The molecule has 1 aliphatic heterocycles. The Kier molecular flexibility index (Phi) is 3.81. The first-order chi connectivity index (χ1) is 12.1. The molecule has 1 aromatic carbocycles. The average molecular weight is 339 g/mol. The number of imidazole rings is 1. The van der Waals surface area contributed by atoms with Crippen molar-refractivity contribution in [2.75, 3.05) is 13.2 Å². The smallest absolute Gasteiger partial charge is 0.267 e. The maximum absolute atomic E-state index is 12.6. The molecule has 0 bridgehead atoms. The lowest BCUT2D eigenvalue weighted by Crippen LogP contribution is -2.43. The van der Waals surface area contributed by atoms with E-state index in [-0.39, 0.29) is 23.6 Å². The van der Waals surface area contributed by atoms with Crippen LogP contribution in [0.4, 0.5) is 0 Å². The Morgan fingerprint density at radius 1 is 1.36 bits per heavy atom. The molecule has 8 heteroatoms. The number of aromatic nitrogens is 4. The molecule has 128 valence electrons. The van der Waals surface area contributed by atoms with Crippen LogP contribution < -0.4 is 10.9 Å². The van der Waals surface area contributed by atoms with Crippen molar-refractivity contribution in [2.24, 2.45) is 0 Å². The predicted octanol–water partition coefficient (Wildman–Crippen LogP) is 0.798. The summed E-state index contributed by atoms with van der Waals surface area (Å²) in [6.45, 7) is 2.54. The van der Waals surface area contributed by atoms with Gasteiger partial charge >= 0.3 is 0 Å². The van der Waals surface area contributed by atoms with E-state index >= 15 is 0 Å². The van der Waals surface area contributed by atoms with Crippen molar-refractivity contribution >= 4 is 16.9 Å². The van der Waals surface area contributed by atoms with Crippen molar-refractivity contribution in [1.82, 2.24) is 25.1 Å². The number of aromatic amines is 1. The molecule has 2 atom stereocenters. The molecular formula is C17H17N5O3. The number of carbonyl (C=O) groups excluding carboxylic acids is 1. The van der Waals surface area contributed by atoms with Crippen LogP contribution in [0.25, 0.3) is 11.0 Å². The fourth-order valence-corrected chi connectivity index (χ4v) is 3.07. The number of hydrogen-bond acceptors (Lipinski definition) is 5. The van der Waals surface area contributed by atoms with Crippen molar-refractivity contribution in [1.29, 1.82) is 0 Å². The highest BCUT2D eigenvalue weighted by molar-refractivity contribution is 5.97. The van der Waals surface area contributed by atoms with Crippen LogP contribution in [-0.2, 0) is 4.74 Å². The first kappa shape index (κ1) is 15.5. The number of amides is 1. The summed E-state index contributed by atoms with van der Waals surface area (Å²) in [7, 11) is 0. The fourth-order valence-electron chi connectivity index (χ4n) is 3.07. The number of hydrogen-bond donors (Lipinski definition) is 2. The maximum Gasteiger partial charge on any atom is 0.267 e. The van der Waals surface area contributed by atoms with E-state index in [1.807, 2.05) is 6.92 Å². The number of carbonyl (C=O) groups is 1. The summed E-state index contributed by atoms with van der Waals surface area (Å²) in [5, 5.41) is 7.04. The van der Waals surface area contributed by atoms with Gasteiger partial charge in [-0.1, -0.05) is 0 Å². The lowest BCUT2D eigenvalue weighted by Gasteiger charge is -2.20. The van der Waals surface area contributed by atoms with Gasteiger partial charge in [0, 0.05) is 17.8 Å². The minimum Gasteiger partial charge on any atom is -0.377 e. The fraction of sp³-hybridized carbons (Fsp3) is 0.294. The van der Waals surface area contributed by atoms with Crippen molar-refractivity contribution in [3.05, 3.63) is 58.3 Å². The van der Waals surface area contributed by atoms with Crippen molar-refractivity contribution < 1.29 is 9.53 Å². The van der Waals surface area contributed by atoms with Crippen LogP contribution in [0.2, 0.25) is 0 Å². The summed E-state index contributed by atoms with van der Waals surface area (Å²) in [6, 6.07) is 7.69. The molecular weight excluding hydrogens is 322 g/mol. The quantitative estimate of drug-likeness (QED) is 0.735. The number of nitrogens with one attached hydrogen (secondary N) is 2. The first-order valence-corrected chi connectivity index (χ1v) is 8.00. The SMILES string of the molecule is Cc1nc2ccc(C(=O)NC3COCC3n3ncccc3=O)cc2[nH]1. The van der Waals surface area contributed by atoms with Crippen molar-refractivity contribution in [2.45, 2.75) is 19.0 Å². The Balaban J connectivity index is 1.56. The number of fused-ring (bicyclic) bond motifs is 1. The van der Waals surface area contributed by atoms with E-state index in [0.717, 1.165) is 16.9 Å². The molecule has 0 saturated carbocycles. The summed E-state index contributed by atoms with van der Waals surface area (Å²) in [4.78, 5) is 32.0. The van der Waals surface area contributed by atoms with Gasteiger partial charge in [0.25, 0.3) is 11.5 Å². The van der Waals surface area contributed by atoms with E-state index in [1.165, 1.54) is 10.7 Å². The summed E-state index contributed by atoms with van der Waals surface area (Å²) in [5.74, 6) is 0.574. The number of aryl methyl sites for hydroxylation is 1. The molecule has 1 aliphatic rings. The molecule has 25 heavy (non-hydrogen) atoms. The van der Waals surface area contributed by atoms with Gasteiger partial charge in [-0.2, -0.15) is 5.10 Å². The largest absolute Gasteiger partial charge is 0.377 e. The topological polar surface area (TPSA) is 102 Å². The zero-order valence-corrected chi connectivity index (χ0v) is 13.6. The highest BCUT2D eigenvalue weighted by atomic mass is 16.5. The van der Waals surface area contributed by atoms with Crippen LogP contribution in [-0.4, -0.2) is 44.9 Å². The van der Waals surface area contributed by atoms with E-state index in [1.54, 1.807) is 30.5 Å². The van der Waals surface area contributed by atoms with Crippen molar-refractivity contribution in [3.63, 3.8) is 0 Å². The molecule has 3 heterocycles. The van der Waals surface area contributed by atoms with Gasteiger partial charge in [-0.05, 0) is 31.2 Å². The standard InChI is InChI=1S/C17H17N5O3/c1-10-19-12-5-4-11(7-13(12)20-10)17(24)21-14-8-25-9-15(14)22-16(23)3-2-6-18-22/h2-7,14-15H,8-9H2,1H3,(H,19,20)(H,21,24). The van der Waals surface area contributed by atoms with Gasteiger partial charge in [-0.15, -0.1) is 0 Å². The number of ether oxygens (including phenoxy) is 1. The van der Waals surface area contributed by atoms with Gasteiger partial charge in [-0.3, -0.25) is 9.59 Å². The van der Waals surface area contributed by atoms with Crippen LogP contribution in [0, 0.1) is 6.92 Å². The van der Waals surface area contributed by atoms with Gasteiger partial charge in [-0.25, -0.2) is 9.67 Å². The van der Waals surface area contributed by atoms with Crippen LogP contribution in [0.15, 0.2) is 41.3 Å². The molecule has 8 nitrogen and oxygen atoms in total. The Labute approximate surface area is 142 Å². The minimum absolute atomic E-state index is 0.216. The van der Waals surface area contributed by atoms with Crippen molar-refractivity contribution in [3.8, 4) is 0 Å². The highest BCUT2D eigenvalue weighted by Gasteiger charge is 2.32. The predicted molar refractivity (Wildman–Crippen MR) is 90.4 cm³/mol. The number of nitrogens with zero attached hydrogens (tertiary/aromatic N) is 3. The molecule has 2 aromatic heterocycles. The summed E-state index contributed by atoms with van der Waals surface area (Å²) in [6.07, 6.45) is 1.55. The lowest BCUT2D eigenvalue weighted by atomic mass is 10.1. The molecule has 2 N–H and O–H groups in total. The van der Waals surface area contributed by atoms with E-state index in [9.17, 15) is 9.59 Å². The third kappa shape index (κ3) is 2.91. The summed E-state index contributed by atoms with van der Waals surface area (Å²) >= 11 is 0. The number of H-pyrrole nitrogens is 1. The lowest BCUT2D eigenvalue weighted by molar-refractivity contribution is 0.0925. The van der Waals surface area contributed by atoms with Crippen LogP contribution in [0.1, 0.15) is 22.2 Å². The molecule has 1 fully saturated rings. The van der Waals surface area contributed by atoms with Gasteiger partial charge < -0.3 is 15.0 Å². The van der Waals surface area contributed by atoms with E-state index in [4.69, 9.17) is 4.74 Å². The zero-order valence-electron chi connectivity index (χ0n) is 13.6. The first-order valence-electron chi connectivity index (χ1n) is 8.00. The van der Waals surface area contributed by atoms with E-state index in [2.05, 4.69) is 20.4 Å². The van der Waals surface area contributed by atoms with E-state index < -0.39 is 0 Å². The normalized spacial score (nSPS) is 20.0. The molecule has 0 radical (unpaired) electrons. The average Bonchev–Trinajstić information content (AvgIpc) is 3.19. The minimum atomic E-state index is -0.323. The number of benzene rings is 1. The summed E-state index contributed by atoms with van der Waals surface area (Å²) in [5.41, 5.74) is 1.93. The molecule has 1 saturated heterocycles. The molecule has 2 unspecified atom stereocenters. The van der Waals surface area contributed by atoms with Crippen LogP contribution >= 0.6 is 0 Å². The van der Waals surface area contributed by atoms with Gasteiger partial charge in [0.1, 0.15) is 11.9 Å². The summed E-state index contributed by atoms with van der Waals surface area (Å²) < 4.78 is 6.82. The second-order valence-electron chi connectivity index (χ2n) is 6.05. The van der Waals surface area contributed by atoms with Gasteiger partial charge in [0.2, 0.25) is 0 Å². The molecule has 1 amide bonds. The monoisotopic (exact) mass is 339 g/mol. The van der Waals surface area contributed by atoms with Gasteiger partial charge in [0.15, 0.2) is 0 Å². The molecule has 0 aliphatic carbocycles. The Morgan fingerprint density at radius 3 is 3.08 bits per heavy atom. The second kappa shape index (κ2) is 6.14. The third-order valence-corrected chi connectivity index (χ3v) is 4.29. The van der Waals surface area contributed by atoms with Crippen LogP contribution in [0.5, 0.6) is 0 Å². The Bertz CT molecular complexity index is 993. The molecule has 0 spiro atoms. The van der Waals surface area contributed by atoms with Gasteiger partial charge in [0.05, 0.1) is 30.3 Å². The number of rotatable bonds is 3. The highest BCUT2D eigenvalue weighted by Crippen LogP contribution is 2.19. The second-order valence-corrected chi connectivity index (χ2v) is 6.05.